The average Bonchev–Trinajstić information content (AvgIpc) is 2.83. The van der Waals surface area contributed by atoms with Crippen LogP contribution >= 0.6 is 0 Å². The molecule has 1 unspecified atom stereocenters. The largest absolute Gasteiger partial charge is 0.508 e. The van der Waals surface area contributed by atoms with Gasteiger partial charge in [-0.3, -0.25) is 14.5 Å². The van der Waals surface area contributed by atoms with E-state index in [1.54, 1.807) is 43.3 Å². The van der Waals surface area contributed by atoms with Gasteiger partial charge >= 0.3 is 0 Å². The van der Waals surface area contributed by atoms with Crippen LogP contribution in [0.5, 0.6) is 11.5 Å². The Morgan fingerprint density at radius 1 is 0.861 bits per heavy atom. The van der Waals surface area contributed by atoms with Gasteiger partial charge in [-0.1, -0.05) is 36.4 Å². The maximum absolute atomic E-state index is 14.8. The van der Waals surface area contributed by atoms with Gasteiger partial charge in [0.05, 0.1) is 0 Å². The van der Waals surface area contributed by atoms with Crippen molar-refractivity contribution in [3.05, 3.63) is 94.8 Å². The van der Waals surface area contributed by atoms with Gasteiger partial charge in [0.2, 0.25) is 0 Å². The summed E-state index contributed by atoms with van der Waals surface area (Å²) in [6.45, 7) is 4.06. The third-order valence-corrected chi connectivity index (χ3v) is 7.61. The van der Waals surface area contributed by atoms with Crippen LogP contribution in [0.4, 0.5) is 4.39 Å². The molecule has 3 atom stereocenters. The van der Waals surface area contributed by atoms with Crippen LogP contribution in [-0.2, 0) is 0 Å². The molecule has 3 N–H and O–H groups in total. The first-order valence-corrected chi connectivity index (χ1v) is 12.2. The van der Waals surface area contributed by atoms with Gasteiger partial charge in [0, 0.05) is 61.1 Å². The molecule has 6 nitrogen and oxygen atoms in total. The standard InChI is InChI=1S/C29H29FN2O4/c1-17-23(9-4-10-26(17)30)27-24(28(35)18-5-2-7-21(33)11-18)15-32(20-13-31-14-20)16-25(27)29(36)19-6-3-8-22(34)12-19/h2-12,20,24-25,27,31,33-34H,13-16H2,1H3/t24-,25+,27?. The van der Waals surface area contributed by atoms with E-state index in [0.717, 1.165) is 13.1 Å². The number of likely N-dealkylation sites (tertiary alicyclic amines) is 1. The Kier molecular flexibility index (Phi) is 6.60. The van der Waals surface area contributed by atoms with Crippen LogP contribution in [0.2, 0.25) is 0 Å². The summed E-state index contributed by atoms with van der Waals surface area (Å²) in [5.41, 5.74) is 1.77. The highest BCUT2D eigenvalue weighted by Gasteiger charge is 2.47. The van der Waals surface area contributed by atoms with Crippen molar-refractivity contribution >= 4 is 11.6 Å². The zero-order valence-corrected chi connectivity index (χ0v) is 20.0. The lowest BCUT2D eigenvalue weighted by Gasteiger charge is -2.48. The van der Waals surface area contributed by atoms with Gasteiger partial charge in [-0.15, -0.1) is 0 Å². The molecule has 186 valence electrons. The van der Waals surface area contributed by atoms with E-state index >= 15 is 0 Å². The van der Waals surface area contributed by atoms with E-state index < -0.39 is 17.8 Å². The predicted molar refractivity (Wildman–Crippen MR) is 134 cm³/mol. The molecule has 0 saturated carbocycles. The van der Waals surface area contributed by atoms with E-state index in [9.17, 15) is 24.2 Å². The number of carbonyl (C=O) groups is 2. The Balaban J connectivity index is 1.64. The highest BCUT2D eigenvalue weighted by atomic mass is 19.1. The summed E-state index contributed by atoms with van der Waals surface area (Å²) in [7, 11) is 0. The molecule has 2 aliphatic heterocycles. The maximum atomic E-state index is 14.8. The van der Waals surface area contributed by atoms with Gasteiger partial charge < -0.3 is 15.5 Å². The topological polar surface area (TPSA) is 89.9 Å². The molecular formula is C29H29FN2O4. The highest BCUT2D eigenvalue weighted by Crippen LogP contribution is 2.43. The Morgan fingerprint density at radius 3 is 1.86 bits per heavy atom. The van der Waals surface area contributed by atoms with Gasteiger partial charge in [0.1, 0.15) is 17.3 Å². The van der Waals surface area contributed by atoms with Crippen molar-refractivity contribution in [2.24, 2.45) is 11.8 Å². The van der Waals surface area contributed by atoms with E-state index in [-0.39, 0.29) is 34.9 Å². The fraction of sp³-hybridized carbons (Fsp3) is 0.310. The van der Waals surface area contributed by atoms with Crippen molar-refractivity contribution in [1.82, 2.24) is 10.2 Å². The van der Waals surface area contributed by atoms with Crippen LogP contribution < -0.4 is 5.32 Å². The minimum absolute atomic E-state index is 0.0115. The van der Waals surface area contributed by atoms with Gasteiger partial charge in [-0.05, 0) is 48.4 Å². The summed E-state index contributed by atoms with van der Waals surface area (Å²) in [4.78, 5) is 30.1. The zero-order chi connectivity index (χ0) is 25.4. The molecule has 0 spiro atoms. The lowest BCUT2D eigenvalue weighted by atomic mass is 9.67. The second-order valence-electron chi connectivity index (χ2n) is 9.79. The molecule has 2 heterocycles. The Bertz CT molecular complexity index is 1240. The number of hydrogen-bond acceptors (Lipinski definition) is 6. The van der Waals surface area contributed by atoms with Crippen LogP contribution in [0, 0.1) is 24.6 Å². The Labute approximate surface area is 209 Å². The van der Waals surface area contributed by atoms with Crippen molar-refractivity contribution in [2.45, 2.75) is 18.9 Å². The third-order valence-electron chi connectivity index (χ3n) is 7.61. The van der Waals surface area contributed by atoms with Crippen molar-refractivity contribution < 1.29 is 24.2 Å². The second kappa shape index (κ2) is 9.84. The lowest BCUT2D eigenvalue weighted by Crippen LogP contribution is -2.62. The number of aromatic hydroxyl groups is 2. The third kappa shape index (κ3) is 4.52. The molecule has 3 aromatic rings. The minimum atomic E-state index is -0.632. The lowest BCUT2D eigenvalue weighted by molar-refractivity contribution is 0.0354. The molecule has 3 aromatic carbocycles. The maximum Gasteiger partial charge on any atom is 0.167 e. The number of benzene rings is 3. The predicted octanol–water partition coefficient (Wildman–Crippen LogP) is 3.91. The van der Waals surface area contributed by atoms with Crippen molar-refractivity contribution in [1.29, 1.82) is 0 Å². The number of piperidine rings is 1. The van der Waals surface area contributed by atoms with Crippen LogP contribution in [0.1, 0.15) is 37.8 Å². The molecule has 5 rings (SSSR count). The monoisotopic (exact) mass is 488 g/mol. The fourth-order valence-corrected chi connectivity index (χ4v) is 5.57. The number of halogens is 1. The van der Waals surface area contributed by atoms with E-state index in [2.05, 4.69) is 10.2 Å². The van der Waals surface area contributed by atoms with E-state index in [0.29, 0.717) is 35.3 Å². The van der Waals surface area contributed by atoms with Gasteiger partial charge in [0.15, 0.2) is 11.6 Å². The number of Topliss-reactive ketones (excluding diaryl/α,β-unsaturated/α-hetero) is 2. The molecule has 2 saturated heterocycles. The number of ketones is 2. The van der Waals surface area contributed by atoms with Crippen LogP contribution in [0.3, 0.4) is 0 Å². The molecule has 0 radical (unpaired) electrons. The molecular weight excluding hydrogens is 459 g/mol. The molecule has 36 heavy (non-hydrogen) atoms. The van der Waals surface area contributed by atoms with Crippen molar-refractivity contribution in [2.75, 3.05) is 26.2 Å². The van der Waals surface area contributed by atoms with Crippen LogP contribution in [0.15, 0.2) is 66.7 Å². The molecule has 0 bridgehead atoms. The van der Waals surface area contributed by atoms with Gasteiger partial charge in [-0.2, -0.15) is 0 Å². The molecule has 0 aromatic heterocycles. The number of phenols is 2. The summed E-state index contributed by atoms with van der Waals surface area (Å²) in [6, 6.07) is 17.4. The number of nitrogens with zero attached hydrogens (tertiary/aromatic N) is 1. The number of phenolic OH excluding ortho intramolecular Hbond substituents is 2. The summed E-state index contributed by atoms with van der Waals surface area (Å²) in [5, 5.41) is 23.3. The number of hydrogen-bond donors (Lipinski definition) is 3. The van der Waals surface area contributed by atoms with E-state index in [4.69, 9.17) is 0 Å². The number of carbonyl (C=O) groups excluding carboxylic acids is 2. The molecule has 7 heteroatoms. The second-order valence-corrected chi connectivity index (χ2v) is 9.79. The Hall–Kier alpha value is -3.55. The average molecular weight is 489 g/mol. The number of nitrogens with one attached hydrogen (secondary N) is 1. The Morgan fingerprint density at radius 2 is 1.39 bits per heavy atom. The van der Waals surface area contributed by atoms with Crippen molar-refractivity contribution in [3.63, 3.8) is 0 Å². The fourth-order valence-electron chi connectivity index (χ4n) is 5.57. The summed E-state index contributed by atoms with van der Waals surface area (Å²) in [6.07, 6.45) is 0. The molecule has 0 aliphatic carbocycles. The molecule has 2 fully saturated rings. The summed E-state index contributed by atoms with van der Waals surface area (Å²) in [5.74, 6) is -2.62. The normalized spacial score (nSPS) is 22.7. The van der Waals surface area contributed by atoms with E-state index in [1.807, 2.05) is 0 Å². The summed E-state index contributed by atoms with van der Waals surface area (Å²) < 4.78 is 14.8. The first kappa shape index (κ1) is 24.2. The SMILES string of the molecule is Cc1c(F)cccc1C1[C@@H](C(=O)c2cccc(O)c2)CN(C2CNC2)C[C@H]1C(=O)c1cccc(O)c1. The van der Waals surface area contributed by atoms with Crippen molar-refractivity contribution in [3.8, 4) is 11.5 Å². The zero-order valence-electron chi connectivity index (χ0n) is 20.0. The smallest absolute Gasteiger partial charge is 0.167 e. The quantitative estimate of drug-likeness (QED) is 0.456. The minimum Gasteiger partial charge on any atom is -0.508 e. The first-order chi connectivity index (χ1) is 17.3. The molecule has 0 amide bonds. The van der Waals surface area contributed by atoms with Gasteiger partial charge in [-0.25, -0.2) is 4.39 Å². The van der Waals surface area contributed by atoms with Crippen LogP contribution in [0.25, 0.3) is 0 Å². The van der Waals surface area contributed by atoms with Gasteiger partial charge in [0.25, 0.3) is 0 Å². The summed E-state index contributed by atoms with van der Waals surface area (Å²) >= 11 is 0. The van der Waals surface area contributed by atoms with Crippen LogP contribution in [-0.4, -0.2) is 58.9 Å². The first-order valence-electron chi connectivity index (χ1n) is 12.2. The highest BCUT2D eigenvalue weighted by molar-refractivity contribution is 6.02. The van der Waals surface area contributed by atoms with E-state index in [1.165, 1.54) is 30.3 Å². The molecule has 2 aliphatic rings. The number of rotatable bonds is 6.